The standard InChI is InChI=1S/C22H22N2O5S2/c1-14-3-5-16(6-4-14)21(25)19-20(15-7-9-17(28-2)10-8-15)24-29-22(19)31(26,27)13-18-23-11-12-30-18/h3-10,19,22H,11-13H2,1-2H3. The zero-order chi connectivity index (χ0) is 22.0. The Morgan fingerprint density at radius 1 is 1.16 bits per heavy atom. The van der Waals surface area contributed by atoms with E-state index in [-0.39, 0.29) is 11.5 Å². The van der Waals surface area contributed by atoms with E-state index in [2.05, 4.69) is 10.1 Å². The molecule has 0 fully saturated rings. The summed E-state index contributed by atoms with van der Waals surface area (Å²) in [6.07, 6.45) is 0. The lowest BCUT2D eigenvalue weighted by Crippen LogP contribution is -2.39. The van der Waals surface area contributed by atoms with Crippen molar-refractivity contribution in [3.05, 3.63) is 65.2 Å². The van der Waals surface area contributed by atoms with Crippen molar-refractivity contribution >= 4 is 38.1 Å². The Balaban J connectivity index is 1.71. The van der Waals surface area contributed by atoms with E-state index in [9.17, 15) is 13.2 Å². The highest BCUT2D eigenvalue weighted by atomic mass is 32.2. The summed E-state index contributed by atoms with van der Waals surface area (Å²) in [6, 6.07) is 14.0. The fourth-order valence-electron chi connectivity index (χ4n) is 3.49. The summed E-state index contributed by atoms with van der Waals surface area (Å²) in [6.45, 7) is 2.52. The van der Waals surface area contributed by atoms with Crippen molar-refractivity contribution in [1.82, 2.24) is 0 Å². The molecule has 0 amide bonds. The quantitative estimate of drug-likeness (QED) is 0.592. The van der Waals surface area contributed by atoms with Crippen LogP contribution in [0.15, 0.2) is 58.7 Å². The van der Waals surface area contributed by atoms with E-state index in [0.29, 0.717) is 34.2 Å². The number of methoxy groups -OCH3 is 1. The Bertz CT molecular complexity index is 1140. The van der Waals surface area contributed by atoms with Crippen LogP contribution in [0.1, 0.15) is 21.5 Å². The van der Waals surface area contributed by atoms with Gasteiger partial charge in [0.25, 0.3) is 0 Å². The van der Waals surface area contributed by atoms with Crippen molar-refractivity contribution in [3.63, 3.8) is 0 Å². The first-order chi connectivity index (χ1) is 14.9. The predicted octanol–water partition coefficient (Wildman–Crippen LogP) is 3.12. The zero-order valence-electron chi connectivity index (χ0n) is 17.1. The zero-order valence-corrected chi connectivity index (χ0v) is 18.8. The van der Waals surface area contributed by atoms with E-state index in [1.807, 2.05) is 19.1 Å². The van der Waals surface area contributed by atoms with E-state index in [1.165, 1.54) is 11.8 Å². The molecule has 2 aliphatic heterocycles. The number of hydrogen-bond acceptors (Lipinski definition) is 8. The van der Waals surface area contributed by atoms with Gasteiger partial charge in [-0.25, -0.2) is 8.42 Å². The fourth-order valence-corrected chi connectivity index (χ4v) is 6.36. The second kappa shape index (κ2) is 8.84. The first kappa shape index (κ1) is 21.6. The van der Waals surface area contributed by atoms with Crippen molar-refractivity contribution in [2.45, 2.75) is 12.4 Å². The lowest BCUT2D eigenvalue weighted by atomic mass is 9.90. The van der Waals surface area contributed by atoms with Crippen LogP contribution in [0.4, 0.5) is 0 Å². The largest absolute Gasteiger partial charge is 0.497 e. The molecule has 2 aromatic rings. The number of hydrogen-bond donors (Lipinski definition) is 0. The number of thioether (sulfide) groups is 1. The van der Waals surface area contributed by atoms with Gasteiger partial charge in [0.05, 0.1) is 12.2 Å². The number of sulfone groups is 1. The van der Waals surface area contributed by atoms with E-state index < -0.39 is 21.2 Å². The normalized spacial score (nSPS) is 20.7. The number of rotatable bonds is 7. The number of ketones is 1. The Hall–Kier alpha value is -2.65. The molecule has 2 unspecified atom stereocenters. The summed E-state index contributed by atoms with van der Waals surface area (Å²) in [5.74, 6) is -0.277. The molecule has 2 aliphatic rings. The highest BCUT2D eigenvalue weighted by Gasteiger charge is 2.48. The van der Waals surface area contributed by atoms with Crippen molar-refractivity contribution < 1.29 is 22.8 Å². The molecule has 0 aromatic heterocycles. The Morgan fingerprint density at radius 3 is 2.48 bits per heavy atom. The summed E-state index contributed by atoms with van der Waals surface area (Å²) in [5, 5.41) is 4.60. The molecule has 9 heteroatoms. The third-order valence-electron chi connectivity index (χ3n) is 5.15. The van der Waals surface area contributed by atoms with Crippen LogP contribution in [0.5, 0.6) is 5.75 Å². The summed E-state index contributed by atoms with van der Waals surface area (Å²) < 4.78 is 31.6. The molecular formula is C22H22N2O5S2. The Morgan fingerprint density at radius 2 is 1.87 bits per heavy atom. The van der Waals surface area contributed by atoms with E-state index in [1.54, 1.807) is 43.5 Å². The Kier molecular flexibility index (Phi) is 6.15. The maximum atomic E-state index is 13.5. The molecule has 0 radical (unpaired) electrons. The molecule has 4 rings (SSSR count). The third kappa shape index (κ3) is 4.52. The molecule has 2 atom stereocenters. The first-order valence-electron chi connectivity index (χ1n) is 9.76. The molecule has 7 nitrogen and oxygen atoms in total. The first-order valence-corrected chi connectivity index (χ1v) is 12.5. The van der Waals surface area contributed by atoms with Gasteiger partial charge in [0.1, 0.15) is 23.1 Å². The van der Waals surface area contributed by atoms with Crippen LogP contribution in [0.3, 0.4) is 0 Å². The number of nitrogens with zero attached hydrogens (tertiary/aromatic N) is 2. The maximum absolute atomic E-state index is 13.5. The van der Waals surface area contributed by atoms with Gasteiger partial charge in [-0.15, -0.1) is 11.8 Å². The van der Waals surface area contributed by atoms with Gasteiger partial charge in [0.15, 0.2) is 15.6 Å². The van der Waals surface area contributed by atoms with Crippen molar-refractivity contribution in [1.29, 1.82) is 0 Å². The molecule has 0 saturated carbocycles. The van der Waals surface area contributed by atoms with Crippen molar-refractivity contribution in [2.75, 3.05) is 25.2 Å². The van der Waals surface area contributed by atoms with Crippen LogP contribution in [0.25, 0.3) is 0 Å². The average molecular weight is 459 g/mol. The van der Waals surface area contributed by atoms with Gasteiger partial charge in [0, 0.05) is 23.4 Å². The van der Waals surface area contributed by atoms with E-state index in [0.717, 1.165) is 11.3 Å². The van der Waals surface area contributed by atoms with Gasteiger partial charge in [-0.3, -0.25) is 9.79 Å². The van der Waals surface area contributed by atoms with Crippen LogP contribution >= 0.6 is 11.8 Å². The number of aliphatic imine (C=N–C) groups is 1. The third-order valence-corrected chi connectivity index (χ3v) is 8.07. The molecular weight excluding hydrogens is 436 g/mol. The van der Waals surface area contributed by atoms with Crippen LogP contribution in [0.2, 0.25) is 0 Å². The number of carbonyl (C=O) groups excluding carboxylic acids is 1. The average Bonchev–Trinajstić information content (AvgIpc) is 3.44. The van der Waals surface area contributed by atoms with Gasteiger partial charge < -0.3 is 9.57 Å². The van der Waals surface area contributed by atoms with Crippen molar-refractivity contribution in [2.24, 2.45) is 16.1 Å². The molecule has 0 N–H and O–H groups in total. The minimum absolute atomic E-state index is 0.259. The number of oxime groups is 1. The molecule has 0 saturated heterocycles. The molecule has 2 heterocycles. The fraction of sp³-hybridized carbons (Fsp3) is 0.318. The predicted molar refractivity (Wildman–Crippen MR) is 122 cm³/mol. The molecule has 0 bridgehead atoms. The number of Topliss-reactive ketones (excluding diaryl/α,β-unsaturated/α-hetero) is 1. The summed E-state index contributed by atoms with van der Waals surface area (Å²) in [7, 11) is -2.28. The number of carbonyl (C=O) groups is 1. The molecule has 0 spiro atoms. The summed E-state index contributed by atoms with van der Waals surface area (Å²) >= 11 is 1.42. The topological polar surface area (TPSA) is 94.4 Å². The van der Waals surface area contributed by atoms with Gasteiger partial charge in [0.2, 0.25) is 5.44 Å². The molecule has 162 valence electrons. The van der Waals surface area contributed by atoms with E-state index >= 15 is 0 Å². The molecule has 0 aliphatic carbocycles. The van der Waals surface area contributed by atoms with Gasteiger partial charge in [-0.05, 0) is 31.2 Å². The highest BCUT2D eigenvalue weighted by molar-refractivity contribution is 8.15. The van der Waals surface area contributed by atoms with Gasteiger partial charge in [-0.2, -0.15) is 0 Å². The maximum Gasteiger partial charge on any atom is 0.243 e. The monoisotopic (exact) mass is 458 g/mol. The molecule has 31 heavy (non-hydrogen) atoms. The van der Waals surface area contributed by atoms with Gasteiger partial charge in [-0.1, -0.05) is 35.0 Å². The Labute approximate surface area is 185 Å². The van der Waals surface area contributed by atoms with Crippen LogP contribution < -0.4 is 4.74 Å². The highest BCUT2D eigenvalue weighted by Crippen LogP contribution is 2.32. The summed E-state index contributed by atoms with van der Waals surface area (Å²) in [4.78, 5) is 23.1. The lowest BCUT2D eigenvalue weighted by Gasteiger charge is -2.18. The van der Waals surface area contributed by atoms with Crippen LogP contribution in [-0.4, -0.2) is 55.6 Å². The minimum atomic E-state index is -3.84. The minimum Gasteiger partial charge on any atom is -0.497 e. The number of aryl methyl sites for hydroxylation is 1. The van der Waals surface area contributed by atoms with Gasteiger partial charge >= 0.3 is 0 Å². The second-order valence-electron chi connectivity index (χ2n) is 7.32. The number of ether oxygens (including phenoxy) is 1. The lowest BCUT2D eigenvalue weighted by molar-refractivity contribution is 0.0815. The smallest absolute Gasteiger partial charge is 0.243 e. The summed E-state index contributed by atoms with van der Waals surface area (Å²) in [5.41, 5.74) is 0.917. The van der Waals surface area contributed by atoms with Crippen LogP contribution in [0, 0.1) is 12.8 Å². The number of benzene rings is 2. The van der Waals surface area contributed by atoms with E-state index in [4.69, 9.17) is 9.57 Å². The van der Waals surface area contributed by atoms with Crippen molar-refractivity contribution in [3.8, 4) is 5.75 Å². The van der Waals surface area contributed by atoms with Crippen LogP contribution in [-0.2, 0) is 14.7 Å². The molecule has 2 aromatic carbocycles. The SMILES string of the molecule is COc1ccc(C2=NOC(S(=O)(=O)CC3=NCCS3)C2C(=O)c2ccc(C)cc2)cc1. The second-order valence-corrected chi connectivity index (χ2v) is 10.6.